The maximum absolute atomic E-state index is 12.4. The second kappa shape index (κ2) is 8.53. The van der Waals surface area contributed by atoms with E-state index in [4.69, 9.17) is 18.0 Å². The Bertz CT molecular complexity index is 979. The van der Waals surface area contributed by atoms with Crippen molar-refractivity contribution in [2.45, 2.75) is 40.0 Å². The molecular weight excluding hydrogens is 470 g/mol. The van der Waals surface area contributed by atoms with Crippen LogP contribution < -0.4 is 16.4 Å². The second-order valence-corrected chi connectivity index (χ2v) is 10.7. The summed E-state index contributed by atoms with van der Waals surface area (Å²) in [5.41, 5.74) is 7.88. The lowest BCUT2D eigenvalue weighted by molar-refractivity contribution is 0.0975. The van der Waals surface area contributed by atoms with E-state index < -0.39 is 5.91 Å². The number of carbonyl (C=O) groups excluding carboxylic acids is 2. The number of fused-ring (bicyclic) bond motifs is 1. The molecule has 2 aromatic rings. The van der Waals surface area contributed by atoms with Crippen LogP contribution in [-0.2, 0) is 12.8 Å². The SMILES string of the molecule is CC(C)(C)[C@@H]1CCc2c(sc(NC(=S)NC(=O)c3cccc(Br)c3)c2C(N)=O)C1. The Labute approximate surface area is 188 Å². The van der Waals surface area contributed by atoms with Gasteiger partial charge in [-0.25, -0.2) is 0 Å². The minimum absolute atomic E-state index is 0.142. The molecule has 1 aliphatic rings. The molecule has 0 aliphatic heterocycles. The first-order chi connectivity index (χ1) is 13.6. The van der Waals surface area contributed by atoms with Crippen LogP contribution in [0.25, 0.3) is 0 Å². The summed E-state index contributed by atoms with van der Waals surface area (Å²) in [5.74, 6) is -0.246. The number of primary amides is 1. The number of thiophene rings is 1. The Kier molecular flexibility index (Phi) is 6.45. The number of thiocarbonyl (C=S) groups is 1. The van der Waals surface area contributed by atoms with Crippen LogP contribution in [0.1, 0.15) is 58.3 Å². The van der Waals surface area contributed by atoms with Crippen molar-refractivity contribution in [3.63, 3.8) is 0 Å². The van der Waals surface area contributed by atoms with E-state index in [-0.39, 0.29) is 16.4 Å². The van der Waals surface area contributed by atoms with E-state index >= 15 is 0 Å². The van der Waals surface area contributed by atoms with E-state index in [9.17, 15) is 9.59 Å². The zero-order chi connectivity index (χ0) is 21.3. The van der Waals surface area contributed by atoms with E-state index in [1.165, 1.54) is 16.2 Å². The summed E-state index contributed by atoms with van der Waals surface area (Å²) < 4.78 is 0.805. The van der Waals surface area contributed by atoms with Gasteiger partial charge in [0.1, 0.15) is 5.00 Å². The highest BCUT2D eigenvalue weighted by molar-refractivity contribution is 9.10. The Balaban J connectivity index is 1.79. The van der Waals surface area contributed by atoms with Crippen LogP contribution in [0.5, 0.6) is 0 Å². The maximum Gasteiger partial charge on any atom is 0.257 e. The molecule has 29 heavy (non-hydrogen) atoms. The molecule has 3 rings (SSSR count). The van der Waals surface area contributed by atoms with Crippen LogP contribution >= 0.6 is 39.5 Å². The highest BCUT2D eigenvalue weighted by atomic mass is 79.9. The number of amides is 2. The van der Waals surface area contributed by atoms with Crippen molar-refractivity contribution >= 4 is 61.4 Å². The second-order valence-electron chi connectivity index (χ2n) is 8.30. The van der Waals surface area contributed by atoms with E-state index in [1.807, 2.05) is 6.07 Å². The lowest BCUT2D eigenvalue weighted by Gasteiger charge is -2.33. The van der Waals surface area contributed by atoms with Gasteiger partial charge in [0.15, 0.2) is 5.11 Å². The zero-order valence-corrected chi connectivity index (χ0v) is 19.8. The van der Waals surface area contributed by atoms with Gasteiger partial charge in [-0.15, -0.1) is 11.3 Å². The van der Waals surface area contributed by atoms with Gasteiger partial charge in [0.2, 0.25) is 0 Å². The fraction of sp³-hybridized carbons (Fsp3) is 0.381. The number of rotatable bonds is 3. The third kappa shape index (κ3) is 5.05. The maximum atomic E-state index is 12.4. The molecule has 0 radical (unpaired) electrons. The Morgan fingerprint density at radius 1 is 1.31 bits per heavy atom. The van der Waals surface area contributed by atoms with Crippen LogP contribution in [0, 0.1) is 11.3 Å². The summed E-state index contributed by atoms with van der Waals surface area (Å²) in [6.45, 7) is 6.74. The van der Waals surface area contributed by atoms with Gasteiger partial charge in [0, 0.05) is 14.9 Å². The molecule has 0 saturated carbocycles. The van der Waals surface area contributed by atoms with Gasteiger partial charge in [0.25, 0.3) is 11.8 Å². The molecule has 1 aromatic heterocycles. The van der Waals surface area contributed by atoms with Crippen LogP contribution in [-0.4, -0.2) is 16.9 Å². The van der Waals surface area contributed by atoms with E-state index in [1.54, 1.807) is 18.2 Å². The number of hydrogen-bond donors (Lipinski definition) is 3. The topological polar surface area (TPSA) is 84.2 Å². The Morgan fingerprint density at radius 2 is 2.03 bits per heavy atom. The molecule has 0 spiro atoms. The summed E-state index contributed by atoms with van der Waals surface area (Å²) in [6.07, 6.45) is 2.77. The smallest absolute Gasteiger partial charge is 0.257 e. The van der Waals surface area contributed by atoms with Crippen molar-refractivity contribution < 1.29 is 9.59 Å². The van der Waals surface area contributed by atoms with Crippen LogP contribution in [0.2, 0.25) is 0 Å². The number of anilines is 1. The van der Waals surface area contributed by atoms with Gasteiger partial charge >= 0.3 is 0 Å². The molecular formula is C21H24BrN3O2S2. The third-order valence-electron chi connectivity index (χ3n) is 5.28. The quantitative estimate of drug-likeness (QED) is 0.531. The predicted octanol–water partition coefficient (Wildman–Crippen LogP) is 4.89. The average Bonchev–Trinajstić information content (AvgIpc) is 2.97. The molecule has 8 heteroatoms. The van der Waals surface area contributed by atoms with Gasteiger partial charge in [-0.1, -0.05) is 42.8 Å². The molecule has 4 N–H and O–H groups in total. The van der Waals surface area contributed by atoms with Gasteiger partial charge in [-0.05, 0) is 66.6 Å². The highest BCUT2D eigenvalue weighted by Gasteiger charge is 2.33. The summed E-state index contributed by atoms with van der Waals surface area (Å²) >= 11 is 10.2. The Morgan fingerprint density at radius 3 is 2.66 bits per heavy atom. The van der Waals surface area contributed by atoms with Gasteiger partial charge < -0.3 is 11.1 Å². The fourth-order valence-electron chi connectivity index (χ4n) is 3.61. The van der Waals surface area contributed by atoms with E-state index in [0.29, 0.717) is 22.0 Å². The number of nitrogens with one attached hydrogen (secondary N) is 2. The molecule has 0 unspecified atom stereocenters. The summed E-state index contributed by atoms with van der Waals surface area (Å²) in [7, 11) is 0. The molecule has 5 nitrogen and oxygen atoms in total. The molecule has 0 fully saturated rings. The van der Waals surface area contributed by atoms with Gasteiger partial charge in [-0.2, -0.15) is 0 Å². The molecule has 1 aromatic carbocycles. The van der Waals surface area contributed by atoms with Crippen molar-refractivity contribution in [3.05, 3.63) is 50.3 Å². The van der Waals surface area contributed by atoms with Crippen molar-refractivity contribution in [1.29, 1.82) is 0 Å². The van der Waals surface area contributed by atoms with Gasteiger partial charge in [-0.3, -0.25) is 14.9 Å². The number of carbonyl (C=O) groups is 2. The molecule has 1 heterocycles. The summed E-state index contributed by atoms with van der Waals surface area (Å²) in [6, 6.07) is 7.03. The van der Waals surface area contributed by atoms with Crippen molar-refractivity contribution in [2.24, 2.45) is 17.1 Å². The highest BCUT2D eigenvalue weighted by Crippen LogP contribution is 2.44. The van der Waals surface area contributed by atoms with E-state index in [2.05, 4.69) is 47.3 Å². The summed E-state index contributed by atoms with van der Waals surface area (Å²) in [5, 5.41) is 6.44. The summed E-state index contributed by atoms with van der Waals surface area (Å²) in [4.78, 5) is 25.7. The first-order valence-corrected chi connectivity index (χ1v) is 11.4. The van der Waals surface area contributed by atoms with Crippen molar-refractivity contribution in [2.75, 3.05) is 5.32 Å². The molecule has 1 aliphatic carbocycles. The number of halogens is 1. The minimum atomic E-state index is -0.472. The molecule has 0 bridgehead atoms. The first-order valence-electron chi connectivity index (χ1n) is 9.38. The third-order valence-corrected chi connectivity index (χ3v) is 7.14. The van der Waals surface area contributed by atoms with Crippen molar-refractivity contribution in [3.8, 4) is 0 Å². The lowest BCUT2D eigenvalue weighted by Crippen LogP contribution is -2.34. The predicted molar refractivity (Wildman–Crippen MR) is 126 cm³/mol. The van der Waals surface area contributed by atoms with Gasteiger partial charge in [0.05, 0.1) is 5.56 Å². The van der Waals surface area contributed by atoms with Crippen LogP contribution in [0.3, 0.4) is 0 Å². The Hall–Kier alpha value is -1.77. The molecule has 2 amide bonds. The van der Waals surface area contributed by atoms with Crippen LogP contribution in [0.4, 0.5) is 5.00 Å². The normalized spacial score (nSPS) is 16.1. The minimum Gasteiger partial charge on any atom is -0.365 e. The standard InChI is InChI=1S/C21H24BrN3O2S2/c1-21(2,3)12-7-8-14-15(10-12)29-19(16(14)17(23)26)25-20(28)24-18(27)11-5-4-6-13(22)9-11/h4-6,9,12H,7-8,10H2,1-3H3,(H2,23,26)(H2,24,25,27,28)/t12-/m1/s1. The molecule has 1 atom stereocenters. The largest absolute Gasteiger partial charge is 0.365 e. The lowest BCUT2D eigenvalue weighted by atomic mass is 9.72. The molecule has 0 saturated heterocycles. The number of benzene rings is 1. The molecule has 154 valence electrons. The fourth-order valence-corrected chi connectivity index (χ4v) is 5.61. The number of hydrogen-bond acceptors (Lipinski definition) is 4. The van der Waals surface area contributed by atoms with Crippen LogP contribution in [0.15, 0.2) is 28.7 Å². The van der Waals surface area contributed by atoms with Crippen molar-refractivity contribution in [1.82, 2.24) is 5.32 Å². The zero-order valence-electron chi connectivity index (χ0n) is 16.6. The monoisotopic (exact) mass is 493 g/mol. The average molecular weight is 494 g/mol. The first kappa shape index (κ1) is 21.9. The number of nitrogens with two attached hydrogens (primary N) is 1. The van der Waals surface area contributed by atoms with E-state index in [0.717, 1.165) is 29.3 Å².